The van der Waals surface area contributed by atoms with Gasteiger partial charge >= 0.3 is 0 Å². The van der Waals surface area contributed by atoms with Gasteiger partial charge < -0.3 is 9.47 Å². The molecule has 2 aromatic rings. The molecule has 0 aliphatic rings. The highest BCUT2D eigenvalue weighted by molar-refractivity contribution is 5.68. The molecule has 0 fully saturated rings. The fourth-order valence-corrected chi connectivity index (χ4v) is 3.02. The van der Waals surface area contributed by atoms with Crippen molar-refractivity contribution in [3.8, 4) is 22.6 Å². The highest BCUT2D eigenvalue weighted by Crippen LogP contribution is 2.36. The van der Waals surface area contributed by atoms with Gasteiger partial charge in [-0.2, -0.15) is 0 Å². The lowest BCUT2D eigenvalue weighted by Gasteiger charge is -2.23. The van der Waals surface area contributed by atoms with Crippen LogP contribution in [-0.4, -0.2) is 13.2 Å². The van der Waals surface area contributed by atoms with E-state index in [9.17, 15) is 0 Å². The summed E-state index contributed by atoms with van der Waals surface area (Å²) in [6.07, 6.45) is 4.36. The third-order valence-electron chi connectivity index (χ3n) is 5.12. The summed E-state index contributed by atoms with van der Waals surface area (Å²) < 4.78 is 12.2. The zero-order chi connectivity index (χ0) is 22.4. The predicted molar refractivity (Wildman–Crippen MR) is 128 cm³/mol. The molecule has 0 saturated carbocycles. The molecule has 164 valence electrons. The molecule has 0 amide bonds. The number of ether oxygens (including phenoxy) is 2. The molecule has 0 unspecified atom stereocenters. The van der Waals surface area contributed by atoms with Gasteiger partial charge in [0, 0.05) is 0 Å². The first-order valence-electron chi connectivity index (χ1n) is 11.5. The molecule has 0 aliphatic heterocycles. The van der Waals surface area contributed by atoms with Crippen LogP contribution in [0.2, 0.25) is 0 Å². The molecule has 0 bridgehead atoms. The quantitative estimate of drug-likeness (QED) is 0.392. The molecule has 2 nitrogen and oxygen atoms in total. The summed E-state index contributed by atoms with van der Waals surface area (Å²) in [7, 11) is 0. The number of rotatable bonds is 9. The fourth-order valence-electron chi connectivity index (χ4n) is 3.02. The summed E-state index contributed by atoms with van der Waals surface area (Å²) >= 11 is 0. The van der Waals surface area contributed by atoms with Gasteiger partial charge in [-0.3, -0.25) is 0 Å². The number of hydrogen-bond donors (Lipinski definition) is 0. The standard InChI is InChI=1S/C28H40O2/c1-9-11-13-29-25-17-21(15-23(19-25)27(3,4)5)22-16-24(28(6,7)8)20-26(18-22)30-14-12-10-2/h17-20H,9-14H2,1-8H3. The third kappa shape index (κ3) is 7.07. The van der Waals surface area contributed by atoms with Crippen LogP contribution < -0.4 is 9.47 Å². The summed E-state index contributed by atoms with van der Waals surface area (Å²) in [6.45, 7) is 19.1. The van der Waals surface area contributed by atoms with Gasteiger partial charge in [-0.05, 0) is 82.3 Å². The van der Waals surface area contributed by atoms with E-state index in [-0.39, 0.29) is 10.8 Å². The van der Waals surface area contributed by atoms with Crippen LogP contribution in [0.5, 0.6) is 11.5 Å². The molecule has 2 radical (unpaired) electrons. The molecule has 2 heteroatoms. The fraction of sp³-hybridized carbons (Fsp3) is 0.571. The Balaban J connectivity index is 2.53. The van der Waals surface area contributed by atoms with Crippen LogP contribution in [0.15, 0.2) is 24.3 Å². The minimum Gasteiger partial charge on any atom is -0.494 e. The molecule has 0 saturated heterocycles. The summed E-state index contributed by atoms with van der Waals surface area (Å²) in [4.78, 5) is 0. The average molecular weight is 409 g/mol. The van der Waals surface area contributed by atoms with E-state index in [1.807, 2.05) is 0 Å². The molecule has 2 rings (SSSR count). The Hall–Kier alpha value is -1.96. The maximum atomic E-state index is 6.09. The molecule has 0 aromatic heterocycles. The first kappa shape index (κ1) is 24.3. The Morgan fingerprint density at radius 2 is 1.00 bits per heavy atom. The van der Waals surface area contributed by atoms with Crippen molar-refractivity contribution in [1.82, 2.24) is 0 Å². The van der Waals surface area contributed by atoms with E-state index >= 15 is 0 Å². The number of unbranched alkanes of at least 4 members (excludes halogenated alkanes) is 2. The van der Waals surface area contributed by atoms with E-state index in [4.69, 9.17) is 9.47 Å². The lowest BCUT2D eigenvalue weighted by atomic mass is 9.83. The maximum Gasteiger partial charge on any atom is 0.120 e. The van der Waals surface area contributed by atoms with Gasteiger partial charge in [-0.1, -0.05) is 68.2 Å². The first-order valence-corrected chi connectivity index (χ1v) is 11.5. The predicted octanol–water partition coefficient (Wildman–Crippen LogP) is 7.91. The molecule has 0 aliphatic carbocycles. The minimum absolute atomic E-state index is 0.0129. The Labute approximate surface area is 185 Å². The van der Waals surface area contributed by atoms with Crippen LogP contribution in [0.1, 0.15) is 92.2 Å². The topological polar surface area (TPSA) is 18.5 Å². The van der Waals surface area contributed by atoms with E-state index in [1.165, 1.54) is 0 Å². The van der Waals surface area contributed by atoms with Gasteiger partial charge in [0.2, 0.25) is 0 Å². The SMILES string of the molecule is CCCCOc1cc(-c2[c]c(C(C)(C)C)cc(OCCCC)c2)[c]c(C(C)(C)C)c1. The van der Waals surface area contributed by atoms with Crippen molar-refractivity contribution in [2.24, 2.45) is 0 Å². The molecule has 2 aromatic carbocycles. The second-order valence-electron chi connectivity index (χ2n) is 10.2. The summed E-state index contributed by atoms with van der Waals surface area (Å²) in [5.74, 6) is 1.82. The van der Waals surface area contributed by atoms with Gasteiger partial charge in [0.25, 0.3) is 0 Å². The van der Waals surface area contributed by atoms with Crippen molar-refractivity contribution >= 4 is 0 Å². The van der Waals surface area contributed by atoms with E-state index in [1.54, 1.807) is 0 Å². The smallest absolute Gasteiger partial charge is 0.120 e. The van der Waals surface area contributed by atoms with Crippen LogP contribution in [-0.2, 0) is 10.8 Å². The highest BCUT2D eigenvalue weighted by atomic mass is 16.5. The Kier molecular flexibility index (Phi) is 8.41. The minimum atomic E-state index is -0.0129. The van der Waals surface area contributed by atoms with Gasteiger partial charge in [0.15, 0.2) is 0 Å². The van der Waals surface area contributed by atoms with Gasteiger partial charge in [-0.25, -0.2) is 0 Å². The largest absolute Gasteiger partial charge is 0.494 e. The van der Waals surface area contributed by atoms with Gasteiger partial charge in [-0.15, -0.1) is 0 Å². The summed E-state index contributed by atoms with van der Waals surface area (Å²) in [5, 5.41) is 0. The molecule has 0 heterocycles. The average Bonchev–Trinajstić information content (AvgIpc) is 2.66. The number of benzene rings is 2. The second-order valence-corrected chi connectivity index (χ2v) is 10.2. The van der Waals surface area contributed by atoms with E-state index in [0.717, 1.165) is 72.6 Å². The molecular weight excluding hydrogens is 368 g/mol. The van der Waals surface area contributed by atoms with Crippen LogP contribution in [0.4, 0.5) is 0 Å². The highest BCUT2D eigenvalue weighted by Gasteiger charge is 2.20. The van der Waals surface area contributed by atoms with E-state index in [2.05, 4.69) is 91.8 Å². The summed E-state index contributed by atoms with van der Waals surface area (Å²) in [5.41, 5.74) is 4.30. The lowest BCUT2D eigenvalue weighted by molar-refractivity contribution is 0.308. The summed E-state index contributed by atoms with van der Waals surface area (Å²) in [6, 6.07) is 15.7. The first-order chi connectivity index (χ1) is 14.0. The maximum absolute atomic E-state index is 6.09. The van der Waals surface area contributed by atoms with Crippen molar-refractivity contribution in [3.05, 3.63) is 47.5 Å². The molecule has 0 spiro atoms. The normalized spacial score (nSPS) is 12.1. The van der Waals surface area contributed by atoms with Crippen molar-refractivity contribution in [1.29, 1.82) is 0 Å². The molecule has 0 N–H and O–H groups in total. The Morgan fingerprint density at radius 1 is 0.633 bits per heavy atom. The van der Waals surface area contributed by atoms with Crippen LogP contribution in [0.25, 0.3) is 11.1 Å². The van der Waals surface area contributed by atoms with Gasteiger partial charge in [0.05, 0.1) is 13.2 Å². The second kappa shape index (κ2) is 10.4. The molecular formula is C28H40O2. The molecule has 0 atom stereocenters. The zero-order valence-corrected chi connectivity index (χ0v) is 20.4. The van der Waals surface area contributed by atoms with Crippen molar-refractivity contribution in [2.75, 3.05) is 13.2 Å². The van der Waals surface area contributed by atoms with Crippen molar-refractivity contribution in [2.45, 2.75) is 91.9 Å². The Morgan fingerprint density at radius 3 is 1.30 bits per heavy atom. The van der Waals surface area contributed by atoms with Gasteiger partial charge in [0.1, 0.15) is 11.5 Å². The van der Waals surface area contributed by atoms with Crippen molar-refractivity contribution < 1.29 is 9.47 Å². The van der Waals surface area contributed by atoms with E-state index < -0.39 is 0 Å². The van der Waals surface area contributed by atoms with Crippen molar-refractivity contribution in [3.63, 3.8) is 0 Å². The Bertz CT molecular complexity index is 737. The third-order valence-corrected chi connectivity index (χ3v) is 5.12. The van der Waals surface area contributed by atoms with Crippen LogP contribution in [0, 0.1) is 12.1 Å². The zero-order valence-electron chi connectivity index (χ0n) is 20.4. The number of hydrogen-bond acceptors (Lipinski definition) is 2. The monoisotopic (exact) mass is 408 g/mol. The van der Waals surface area contributed by atoms with Crippen LogP contribution in [0.3, 0.4) is 0 Å². The lowest BCUT2D eigenvalue weighted by Crippen LogP contribution is -2.13. The molecule has 30 heavy (non-hydrogen) atoms. The van der Waals surface area contributed by atoms with Crippen LogP contribution >= 0.6 is 0 Å². The van der Waals surface area contributed by atoms with E-state index in [0.29, 0.717) is 0 Å².